The molecule has 0 aliphatic rings. The van der Waals surface area contributed by atoms with Crippen molar-refractivity contribution >= 4 is 55.9 Å². The van der Waals surface area contributed by atoms with E-state index >= 15 is 0 Å². The number of benzene rings is 9. The lowest BCUT2D eigenvalue weighted by Gasteiger charge is -2.27. The molecule has 0 amide bonds. The summed E-state index contributed by atoms with van der Waals surface area (Å²) in [6, 6.07) is 84.6. The number of hydrogen-bond acceptors (Lipinski definition) is 2. The summed E-state index contributed by atoms with van der Waals surface area (Å²) in [6.07, 6.45) is 0. The number of aromatic nitrogens is 1. The Balaban J connectivity index is 1.12. The van der Waals surface area contributed by atoms with Gasteiger partial charge in [0.25, 0.3) is 0 Å². The first-order valence-corrected chi connectivity index (χ1v) is 19.4. The van der Waals surface area contributed by atoms with Gasteiger partial charge in [0.15, 0.2) is 0 Å². The van der Waals surface area contributed by atoms with Crippen LogP contribution in [0, 0.1) is 0 Å². The second-order valence-corrected chi connectivity index (χ2v) is 14.2. The summed E-state index contributed by atoms with van der Waals surface area (Å²) in [4.78, 5) is 4.73. The van der Waals surface area contributed by atoms with E-state index in [2.05, 4.69) is 251 Å². The summed E-state index contributed by atoms with van der Waals surface area (Å²) in [5.41, 5.74) is 14.8. The van der Waals surface area contributed by atoms with Crippen LogP contribution in [0.4, 0.5) is 34.1 Å². The minimum atomic E-state index is 1.08. The monoisotopic (exact) mass is 729 g/mol. The number of fused-ring (bicyclic) bond motifs is 3. The Kier molecular flexibility index (Phi) is 8.86. The van der Waals surface area contributed by atoms with Gasteiger partial charge in [-0.1, -0.05) is 152 Å². The highest BCUT2D eigenvalue weighted by Crippen LogP contribution is 2.45. The number of hydrogen-bond donors (Lipinski definition) is 0. The maximum atomic E-state index is 2.42. The van der Waals surface area contributed by atoms with Crippen molar-refractivity contribution in [1.29, 1.82) is 0 Å². The van der Waals surface area contributed by atoms with Crippen molar-refractivity contribution in [2.24, 2.45) is 0 Å². The van der Waals surface area contributed by atoms with Crippen LogP contribution in [0.3, 0.4) is 0 Å². The quantitative estimate of drug-likeness (QED) is 0.147. The summed E-state index contributed by atoms with van der Waals surface area (Å²) < 4.78 is 2.42. The van der Waals surface area contributed by atoms with Crippen molar-refractivity contribution in [3.05, 3.63) is 237 Å². The molecule has 0 spiro atoms. The summed E-state index contributed by atoms with van der Waals surface area (Å²) in [6.45, 7) is 0. The van der Waals surface area contributed by atoms with E-state index in [0.29, 0.717) is 0 Å². The highest BCUT2D eigenvalue weighted by atomic mass is 15.2. The van der Waals surface area contributed by atoms with E-state index in [4.69, 9.17) is 0 Å². The van der Waals surface area contributed by atoms with Crippen molar-refractivity contribution in [2.45, 2.75) is 0 Å². The molecule has 270 valence electrons. The summed E-state index contributed by atoms with van der Waals surface area (Å²) in [7, 11) is 0. The standard InChI is InChI=1S/C54H39N3/c1-5-17-40(18-6-1)42-31-35-46(36-32-42)55(44-21-9-3-10-22-44)48-25-15-26-49(39-48)57-51-28-14-13-27-50(51)54-52(29-16-30-53(54)57)56(45-23-11-4-12-24-45)47-37-33-43(34-38-47)41-19-7-2-8-20-41/h1-39H. The van der Waals surface area contributed by atoms with Crippen LogP contribution in [0.1, 0.15) is 0 Å². The first-order valence-electron chi connectivity index (χ1n) is 19.4. The number of para-hydroxylation sites is 3. The minimum Gasteiger partial charge on any atom is -0.310 e. The van der Waals surface area contributed by atoms with Crippen LogP contribution in [0.15, 0.2) is 237 Å². The molecular weight excluding hydrogens is 691 g/mol. The van der Waals surface area contributed by atoms with E-state index in [1.807, 2.05) is 0 Å². The molecule has 0 unspecified atom stereocenters. The number of rotatable bonds is 9. The first kappa shape index (κ1) is 33.9. The molecule has 10 rings (SSSR count). The van der Waals surface area contributed by atoms with Gasteiger partial charge in [-0.25, -0.2) is 0 Å². The Bertz CT molecular complexity index is 2920. The zero-order valence-electron chi connectivity index (χ0n) is 31.4. The fourth-order valence-corrected chi connectivity index (χ4v) is 8.13. The van der Waals surface area contributed by atoms with Gasteiger partial charge in [0.05, 0.1) is 16.7 Å². The Morgan fingerprint density at radius 1 is 0.281 bits per heavy atom. The van der Waals surface area contributed by atoms with Crippen LogP contribution >= 0.6 is 0 Å². The minimum absolute atomic E-state index is 1.08. The van der Waals surface area contributed by atoms with Crippen LogP contribution in [0.2, 0.25) is 0 Å². The lowest BCUT2D eigenvalue weighted by Crippen LogP contribution is -2.10. The van der Waals surface area contributed by atoms with E-state index in [1.165, 1.54) is 33.0 Å². The summed E-state index contributed by atoms with van der Waals surface area (Å²) in [5.74, 6) is 0. The molecule has 0 radical (unpaired) electrons. The largest absolute Gasteiger partial charge is 0.310 e. The van der Waals surface area contributed by atoms with Crippen LogP contribution in [-0.2, 0) is 0 Å². The van der Waals surface area contributed by atoms with Gasteiger partial charge in [0, 0.05) is 44.9 Å². The van der Waals surface area contributed by atoms with Crippen molar-refractivity contribution in [3.8, 4) is 27.9 Å². The Hall–Kier alpha value is -7.62. The molecule has 0 fully saturated rings. The zero-order valence-corrected chi connectivity index (χ0v) is 31.4. The molecule has 0 saturated heterocycles. The molecule has 1 aromatic heterocycles. The molecule has 0 atom stereocenters. The fraction of sp³-hybridized carbons (Fsp3) is 0. The SMILES string of the molecule is c1ccc(-c2ccc(N(c3ccccc3)c3cccc(-n4c5ccccc5c5c(N(c6ccccc6)c6ccc(-c7ccccc7)cc6)cccc54)c3)cc2)cc1. The van der Waals surface area contributed by atoms with E-state index in [-0.39, 0.29) is 0 Å². The van der Waals surface area contributed by atoms with Crippen LogP contribution in [0.5, 0.6) is 0 Å². The Morgan fingerprint density at radius 2 is 0.702 bits per heavy atom. The van der Waals surface area contributed by atoms with Crippen LogP contribution in [-0.4, -0.2) is 4.57 Å². The molecule has 0 saturated carbocycles. The third kappa shape index (κ3) is 6.41. The Morgan fingerprint density at radius 3 is 1.30 bits per heavy atom. The van der Waals surface area contributed by atoms with E-state index < -0.39 is 0 Å². The molecular formula is C54H39N3. The van der Waals surface area contributed by atoms with Crippen LogP contribution < -0.4 is 9.80 Å². The van der Waals surface area contributed by atoms with Gasteiger partial charge < -0.3 is 14.4 Å². The molecule has 0 N–H and O–H groups in total. The predicted octanol–water partition coefficient (Wildman–Crippen LogP) is 15.1. The van der Waals surface area contributed by atoms with E-state index in [1.54, 1.807) is 0 Å². The van der Waals surface area contributed by atoms with Crippen molar-refractivity contribution in [3.63, 3.8) is 0 Å². The average molecular weight is 730 g/mol. The fourth-order valence-electron chi connectivity index (χ4n) is 8.13. The van der Waals surface area contributed by atoms with Gasteiger partial charge >= 0.3 is 0 Å². The molecule has 3 heteroatoms. The molecule has 1 heterocycles. The molecule has 0 bridgehead atoms. The summed E-state index contributed by atoms with van der Waals surface area (Å²) in [5, 5.41) is 2.40. The lowest BCUT2D eigenvalue weighted by molar-refractivity contribution is 1.17. The van der Waals surface area contributed by atoms with Crippen molar-refractivity contribution in [2.75, 3.05) is 9.80 Å². The first-order chi connectivity index (χ1) is 28.3. The second-order valence-electron chi connectivity index (χ2n) is 14.2. The maximum Gasteiger partial charge on any atom is 0.0562 e. The predicted molar refractivity (Wildman–Crippen MR) is 241 cm³/mol. The average Bonchev–Trinajstić information content (AvgIpc) is 3.64. The third-order valence-electron chi connectivity index (χ3n) is 10.8. The molecule has 0 aliphatic carbocycles. The topological polar surface area (TPSA) is 11.4 Å². The van der Waals surface area contributed by atoms with Gasteiger partial charge in [-0.15, -0.1) is 0 Å². The molecule has 10 aromatic rings. The molecule has 9 aromatic carbocycles. The van der Waals surface area contributed by atoms with Gasteiger partial charge in [0.1, 0.15) is 0 Å². The molecule has 57 heavy (non-hydrogen) atoms. The highest BCUT2D eigenvalue weighted by molar-refractivity contribution is 6.16. The van der Waals surface area contributed by atoms with E-state index in [0.717, 1.165) is 50.8 Å². The van der Waals surface area contributed by atoms with Gasteiger partial charge in [-0.3, -0.25) is 0 Å². The number of nitrogens with zero attached hydrogens (tertiary/aromatic N) is 3. The summed E-state index contributed by atoms with van der Waals surface area (Å²) >= 11 is 0. The smallest absolute Gasteiger partial charge is 0.0562 e. The molecule has 3 nitrogen and oxygen atoms in total. The van der Waals surface area contributed by atoms with Gasteiger partial charge in [0.2, 0.25) is 0 Å². The zero-order chi connectivity index (χ0) is 38.0. The van der Waals surface area contributed by atoms with Crippen molar-refractivity contribution in [1.82, 2.24) is 4.57 Å². The third-order valence-corrected chi connectivity index (χ3v) is 10.8. The van der Waals surface area contributed by atoms with Gasteiger partial charge in [-0.05, 0) is 107 Å². The highest BCUT2D eigenvalue weighted by Gasteiger charge is 2.22. The lowest BCUT2D eigenvalue weighted by atomic mass is 10.0. The van der Waals surface area contributed by atoms with E-state index in [9.17, 15) is 0 Å². The maximum absolute atomic E-state index is 2.42. The second kappa shape index (κ2) is 14.9. The molecule has 0 aliphatic heterocycles. The van der Waals surface area contributed by atoms with Crippen LogP contribution in [0.25, 0.3) is 49.7 Å². The van der Waals surface area contributed by atoms with Crippen molar-refractivity contribution < 1.29 is 0 Å². The Labute approximate surface area is 333 Å². The normalized spacial score (nSPS) is 11.2. The van der Waals surface area contributed by atoms with Gasteiger partial charge in [-0.2, -0.15) is 0 Å². The number of anilines is 6.